The summed E-state index contributed by atoms with van der Waals surface area (Å²) in [6.45, 7) is 1.86. The van der Waals surface area contributed by atoms with Gasteiger partial charge >= 0.3 is 0 Å². The molecule has 1 aromatic rings. The van der Waals surface area contributed by atoms with Crippen molar-refractivity contribution in [2.24, 2.45) is 0 Å². The average Bonchev–Trinajstić information content (AvgIpc) is 2.67. The highest BCUT2D eigenvalue weighted by molar-refractivity contribution is 7.08. The van der Waals surface area contributed by atoms with Crippen LogP contribution in [0.4, 0.5) is 8.78 Å². The Balaban J connectivity index is 2.17. The molecule has 0 aliphatic carbocycles. The summed E-state index contributed by atoms with van der Waals surface area (Å²) in [5, 5.41) is 6.70. The zero-order valence-electron chi connectivity index (χ0n) is 7.80. The van der Waals surface area contributed by atoms with Gasteiger partial charge in [-0.15, -0.1) is 0 Å². The minimum atomic E-state index is -2.32. The maximum atomic E-state index is 12.6. The molecule has 1 fully saturated rings. The van der Waals surface area contributed by atoms with Gasteiger partial charge in [0.2, 0.25) is 0 Å². The number of alkyl halides is 2. The summed E-state index contributed by atoms with van der Waals surface area (Å²) in [6, 6.07) is 0. The summed E-state index contributed by atoms with van der Waals surface area (Å²) < 4.78 is 25.2. The second-order valence-electron chi connectivity index (χ2n) is 3.63. The van der Waals surface area contributed by atoms with E-state index >= 15 is 0 Å². The van der Waals surface area contributed by atoms with E-state index in [2.05, 4.69) is 5.32 Å². The number of nitrogens with one attached hydrogen (secondary N) is 1. The second kappa shape index (κ2) is 4.36. The summed E-state index contributed by atoms with van der Waals surface area (Å²) in [4.78, 5) is 0. The molecular formula is C10H13F2NS. The monoisotopic (exact) mass is 217 g/mol. The standard InChI is InChI=1S/C10H13F2NS/c11-10(12)9-6-14-5-8(9)7-2-1-3-13-4-7/h5-7,10,13H,1-4H2. The van der Waals surface area contributed by atoms with Crippen molar-refractivity contribution in [1.82, 2.24) is 5.32 Å². The molecule has 78 valence electrons. The molecule has 1 N–H and O–H groups in total. The molecule has 0 amide bonds. The third-order valence-corrected chi connectivity index (χ3v) is 3.48. The molecule has 0 aromatic carbocycles. The molecule has 1 saturated heterocycles. The fourth-order valence-electron chi connectivity index (χ4n) is 1.94. The maximum absolute atomic E-state index is 12.6. The molecule has 1 atom stereocenters. The van der Waals surface area contributed by atoms with E-state index in [4.69, 9.17) is 0 Å². The summed E-state index contributed by atoms with van der Waals surface area (Å²) in [5.41, 5.74) is 1.10. The van der Waals surface area contributed by atoms with Gasteiger partial charge in [0, 0.05) is 12.1 Å². The van der Waals surface area contributed by atoms with Crippen molar-refractivity contribution in [1.29, 1.82) is 0 Å². The highest BCUT2D eigenvalue weighted by Crippen LogP contribution is 2.34. The van der Waals surface area contributed by atoms with E-state index in [9.17, 15) is 8.78 Å². The molecular weight excluding hydrogens is 204 g/mol. The van der Waals surface area contributed by atoms with E-state index < -0.39 is 6.43 Å². The molecule has 2 rings (SSSR count). The van der Waals surface area contributed by atoms with E-state index in [-0.39, 0.29) is 5.56 Å². The minimum absolute atomic E-state index is 0.240. The molecule has 1 nitrogen and oxygen atoms in total. The Morgan fingerprint density at radius 2 is 2.29 bits per heavy atom. The minimum Gasteiger partial charge on any atom is -0.316 e. The molecule has 4 heteroatoms. The van der Waals surface area contributed by atoms with E-state index in [0.717, 1.165) is 31.5 Å². The first-order valence-electron chi connectivity index (χ1n) is 4.84. The third-order valence-electron chi connectivity index (χ3n) is 2.70. The maximum Gasteiger partial charge on any atom is 0.264 e. The van der Waals surface area contributed by atoms with Crippen LogP contribution >= 0.6 is 11.3 Å². The van der Waals surface area contributed by atoms with Gasteiger partial charge < -0.3 is 5.32 Å². The predicted octanol–water partition coefficient (Wildman–Crippen LogP) is 3.15. The molecule has 0 spiro atoms. The van der Waals surface area contributed by atoms with Crippen LogP contribution in [0.3, 0.4) is 0 Å². The molecule has 2 heterocycles. The Morgan fingerprint density at radius 3 is 2.93 bits per heavy atom. The Kier molecular flexibility index (Phi) is 3.13. The summed E-state index contributed by atoms with van der Waals surface area (Å²) in [7, 11) is 0. The van der Waals surface area contributed by atoms with Crippen molar-refractivity contribution in [3.63, 3.8) is 0 Å². The van der Waals surface area contributed by atoms with Gasteiger partial charge in [-0.1, -0.05) is 0 Å². The second-order valence-corrected chi connectivity index (χ2v) is 4.37. The van der Waals surface area contributed by atoms with Gasteiger partial charge in [-0.2, -0.15) is 11.3 Å². The van der Waals surface area contributed by atoms with E-state index in [1.807, 2.05) is 5.38 Å². The molecule has 1 unspecified atom stereocenters. The number of piperidine rings is 1. The quantitative estimate of drug-likeness (QED) is 0.802. The van der Waals surface area contributed by atoms with Gasteiger partial charge in [0.1, 0.15) is 0 Å². The zero-order valence-corrected chi connectivity index (χ0v) is 8.62. The SMILES string of the molecule is FC(F)c1cscc1C1CCCNC1. The van der Waals surface area contributed by atoms with Gasteiger partial charge in [0.25, 0.3) is 6.43 Å². The molecule has 1 aromatic heterocycles. The van der Waals surface area contributed by atoms with Crippen LogP contribution in [-0.2, 0) is 0 Å². The van der Waals surface area contributed by atoms with Gasteiger partial charge in [0.05, 0.1) is 0 Å². The van der Waals surface area contributed by atoms with Crippen LogP contribution in [0.15, 0.2) is 10.8 Å². The first-order valence-corrected chi connectivity index (χ1v) is 5.78. The fraction of sp³-hybridized carbons (Fsp3) is 0.600. The lowest BCUT2D eigenvalue weighted by molar-refractivity contribution is 0.150. The largest absolute Gasteiger partial charge is 0.316 e. The zero-order chi connectivity index (χ0) is 9.97. The number of hydrogen-bond acceptors (Lipinski definition) is 2. The van der Waals surface area contributed by atoms with E-state index in [0.29, 0.717) is 5.92 Å². The lowest BCUT2D eigenvalue weighted by Gasteiger charge is -2.23. The normalized spacial score (nSPS) is 22.9. The average molecular weight is 217 g/mol. The Labute approximate surface area is 86.1 Å². The fourth-order valence-corrected chi connectivity index (χ4v) is 2.87. The van der Waals surface area contributed by atoms with Crippen molar-refractivity contribution in [3.8, 4) is 0 Å². The van der Waals surface area contributed by atoms with Gasteiger partial charge in [-0.05, 0) is 41.6 Å². The van der Waals surface area contributed by atoms with Crippen LogP contribution in [0.5, 0.6) is 0 Å². The van der Waals surface area contributed by atoms with Gasteiger partial charge in [-0.3, -0.25) is 0 Å². The first kappa shape index (κ1) is 10.1. The van der Waals surface area contributed by atoms with E-state index in [1.165, 1.54) is 11.3 Å². The summed E-state index contributed by atoms with van der Waals surface area (Å²) >= 11 is 1.38. The van der Waals surface area contributed by atoms with Crippen molar-refractivity contribution < 1.29 is 8.78 Å². The van der Waals surface area contributed by atoms with Crippen LogP contribution in [0.2, 0.25) is 0 Å². The highest BCUT2D eigenvalue weighted by atomic mass is 32.1. The van der Waals surface area contributed by atoms with Crippen molar-refractivity contribution in [2.75, 3.05) is 13.1 Å². The number of hydrogen-bond donors (Lipinski definition) is 1. The van der Waals surface area contributed by atoms with Crippen molar-refractivity contribution in [3.05, 3.63) is 21.9 Å². The molecule has 0 bridgehead atoms. The lowest BCUT2D eigenvalue weighted by atomic mass is 9.91. The number of rotatable bonds is 2. The molecule has 14 heavy (non-hydrogen) atoms. The number of halogens is 2. The Hall–Kier alpha value is -0.480. The van der Waals surface area contributed by atoms with Crippen LogP contribution in [0.25, 0.3) is 0 Å². The van der Waals surface area contributed by atoms with Crippen LogP contribution in [0.1, 0.15) is 36.3 Å². The Morgan fingerprint density at radius 1 is 1.43 bits per heavy atom. The van der Waals surface area contributed by atoms with Crippen molar-refractivity contribution in [2.45, 2.75) is 25.2 Å². The van der Waals surface area contributed by atoms with Crippen molar-refractivity contribution >= 4 is 11.3 Å². The Bertz CT molecular complexity index is 292. The van der Waals surface area contributed by atoms with Crippen LogP contribution < -0.4 is 5.32 Å². The van der Waals surface area contributed by atoms with Crippen LogP contribution in [-0.4, -0.2) is 13.1 Å². The molecule has 1 aliphatic heterocycles. The predicted molar refractivity (Wildman–Crippen MR) is 54.1 cm³/mol. The topological polar surface area (TPSA) is 12.0 Å². The number of thiophene rings is 1. The van der Waals surface area contributed by atoms with Gasteiger partial charge in [0.15, 0.2) is 0 Å². The third kappa shape index (κ3) is 1.96. The van der Waals surface area contributed by atoms with E-state index in [1.54, 1.807) is 5.38 Å². The summed E-state index contributed by atoms with van der Waals surface area (Å²) in [5.74, 6) is 0.291. The molecule has 0 saturated carbocycles. The molecule has 1 aliphatic rings. The highest BCUT2D eigenvalue weighted by Gasteiger charge is 2.22. The summed E-state index contributed by atoms with van der Waals surface area (Å²) in [6.07, 6.45) is -0.203. The van der Waals surface area contributed by atoms with Crippen LogP contribution in [0, 0.1) is 0 Å². The van der Waals surface area contributed by atoms with Gasteiger partial charge in [-0.25, -0.2) is 8.78 Å². The first-order chi connectivity index (χ1) is 6.79. The lowest BCUT2D eigenvalue weighted by Crippen LogP contribution is -2.28. The molecule has 0 radical (unpaired) electrons. The smallest absolute Gasteiger partial charge is 0.264 e.